The molecule has 0 saturated heterocycles. The van der Waals surface area contributed by atoms with E-state index in [1.54, 1.807) is 0 Å². The molecular formula is C10H18ClN3. The fourth-order valence-corrected chi connectivity index (χ4v) is 1.61. The minimum atomic E-state index is 0.788. The van der Waals surface area contributed by atoms with Crippen LogP contribution in [-0.4, -0.2) is 16.3 Å². The second-order valence-electron chi connectivity index (χ2n) is 3.50. The van der Waals surface area contributed by atoms with E-state index in [1.807, 2.05) is 18.7 Å². The Morgan fingerprint density at radius 1 is 1.50 bits per heavy atom. The van der Waals surface area contributed by atoms with Gasteiger partial charge in [0.25, 0.3) is 0 Å². The monoisotopic (exact) mass is 215 g/mol. The minimum Gasteiger partial charge on any atom is -0.311 e. The molecule has 0 aliphatic rings. The molecule has 0 aliphatic heterocycles. The van der Waals surface area contributed by atoms with Crippen molar-refractivity contribution in [3.63, 3.8) is 0 Å². The molecule has 0 spiro atoms. The van der Waals surface area contributed by atoms with Gasteiger partial charge >= 0.3 is 0 Å². The highest BCUT2D eigenvalue weighted by Gasteiger charge is 2.09. The van der Waals surface area contributed by atoms with E-state index < -0.39 is 0 Å². The SMILES string of the molecule is CCCCNCc1c(Cl)c(C)nn1C. The van der Waals surface area contributed by atoms with Gasteiger partial charge in [-0.25, -0.2) is 0 Å². The first kappa shape index (κ1) is 11.5. The molecule has 0 bridgehead atoms. The molecule has 1 aromatic rings. The van der Waals surface area contributed by atoms with Gasteiger partial charge in [-0.2, -0.15) is 5.10 Å². The zero-order valence-electron chi connectivity index (χ0n) is 9.10. The Bertz CT molecular complexity index is 294. The van der Waals surface area contributed by atoms with Gasteiger partial charge in [-0.3, -0.25) is 4.68 Å². The standard InChI is InChI=1S/C10H18ClN3/c1-4-5-6-12-7-9-10(11)8(2)13-14(9)3/h12H,4-7H2,1-3H3. The largest absolute Gasteiger partial charge is 0.311 e. The van der Waals surface area contributed by atoms with Crippen LogP contribution < -0.4 is 5.32 Å². The predicted molar refractivity (Wildman–Crippen MR) is 59.6 cm³/mol. The maximum absolute atomic E-state index is 6.10. The summed E-state index contributed by atoms with van der Waals surface area (Å²) in [6.45, 7) is 5.95. The van der Waals surface area contributed by atoms with Crippen molar-refractivity contribution < 1.29 is 0 Å². The second-order valence-corrected chi connectivity index (χ2v) is 3.88. The lowest BCUT2D eigenvalue weighted by Gasteiger charge is -2.04. The van der Waals surface area contributed by atoms with E-state index in [4.69, 9.17) is 11.6 Å². The lowest BCUT2D eigenvalue weighted by molar-refractivity contribution is 0.602. The summed E-state index contributed by atoms with van der Waals surface area (Å²) >= 11 is 6.10. The molecular weight excluding hydrogens is 198 g/mol. The zero-order valence-corrected chi connectivity index (χ0v) is 9.86. The second kappa shape index (κ2) is 5.37. The van der Waals surface area contributed by atoms with E-state index in [9.17, 15) is 0 Å². The van der Waals surface area contributed by atoms with Crippen LogP contribution in [0.5, 0.6) is 0 Å². The van der Waals surface area contributed by atoms with E-state index in [2.05, 4.69) is 17.3 Å². The molecule has 1 aromatic heterocycles. The van der Waals surface area contributed by atoms with Crippen molar-refractivity contribution in [1.29, 1.82) is 0 Å². The maximum Gasteiger partial charge on any atom is 0.0860 e. The summed E-state index contributed by atoms with van der Waals surface area (Å²) in [5, 5.41) is 8.39. The van der Waals surface area contributed by atoms with E-state index in [1.165, 1.54) is 12.8 Å². The van der Waals surface area contributed by atoms with Crippen molar-refractivity contribution in [2.24, 2.45) is 7.05 Å². The van der Waals surface area contributed by atoms with Gasteiger partial charge in [0, 0.05) is 13.6 Å². The molecule has 80 valence electrons. The van der Waals surface area contributed by atoms with Gasteiger partial charge in [-0.15, -0.1) is 0 Å². The Hall–Kier alpha value is -0.540. The highest BCUT2D eigenvalue weighted by molar-refractivity contribution is 6.31. The van der Waals surface area contributed by atoms with Crippen LogP contribution in [0.2, 0.25) is 5.02 Å². The Morgan fingerprint density at radius 3 is 2.71 bits per heavy atom. The summed E-state index contributed by atoms with van der Waals surface area (Å²) in [5.41, 5.74) is 1.97. The average Bonchev–Trinajstić information content (AvgIpc) is 2.38. The summed E-state index contributed by atoms with van der Waals surface area (Å²) in [7, 11) is 1.93. The van der Waals surface area contributed by atoms with Crippen LogP contribution in [0.25, 0.3) is 0 Å². The number of nitrogens with one attached hydrogen (secondary N) is 1. The molecule has 1 rings (SSSR count). The Labute approximate surface area is 90.4 Å². The third kappa shape index (κ3) is 2.72. The number of aromatic nitrogens is 2. The molecule has 0 amide bonds. The zero-order chi connectivity index (χ0) is 10.6. The van der Waals surface area contributed by atoms with Gasteiger partial charge in [-0.1, -0.05) is 24.9 Å². The fourth-order valence-electron chi connectivity index (χ4n) is 1.38. The molecule has 0 aliphatic carbocycles. The van der Waals surface area contributed by atoms with Crippen LogP contribution in [0, 0.1) is 6.92 Å². The molecule has 0 unspecified atom stereocenters. The van der Waals surface area contributed by atoms with Crippen molar-refractivity contribution in [1.82, 2.24) is 15.1 Å². The Morgan fingerprint density at radius 2 is 2.21 bits per heavy atom. The van der Waals surface area contributed by atoms with Gasteiger partial charge < -0.3 is 5.32 Å². The summed E-state index contributed by atoms with van der Waals surface area (Å²) in [5.74, 6) is 0. The highest BCUT2D eigenvalue weighted by Crippen LogP contribution is 2.18. The van der Waals surface area contributed by atoms with Crippen molar-refractivity contribution in [2.45, 2.75) is 33.2 Å². The van der Waals surface area contributed by atoms with Gasteiger partial charge in [0.05, 0.1) is 16.4 Å². The summed E-state index contributed by atoms with van der Waals surface area (Å²) in [6.07, 6.45) is 2.42. The molecule has 4 heteroatoms. The highest BCUT2D eigenvalue weighted by atomic mass is 35.5. The van der Waals surface area contributed by atoms with Crippen LogP contribution in [0.4, 0.5) is 0 Å². The molecule has 0 saturated carbocycles. The first-order chi connectivity index (χ1) is 6.66. The lowest BCUT2D eigenvalue weighted by atomic mass is 10.3. The van der Waals surface area contributed by atoms with E-state index in [0.29, 0.717) is 0 Å². The van der Waals surface area contributed by atoms with Crippen LogP contribution in [0.15, 0.2) is 0 Å². The van der Waals surface area contributed by atoms with Crippen molar-refractivity contribution in [2.75, 3.05) is 6.54 Å². The molecule has 14 heavy (non-hydrogen) atoms. The van der Waals surface area contributed by atoms with E-state index in [-0.39, 0.29) is 0 Å². The number of halogens is 1. The number of nitrogens with zero attached hydrogens (tertiary/aromatic N) is 2. The van der Waals surface area contributed by atoms with Crippen molar-refractivity contribution >= 4 is 11.6 Å². The smallest absolute Gasteiger partial charge is 0.0860 e. The van der Waals surface area contributed by atoms with E-state index in [0.717, 1.165) is 29.5 Å². The number of unbranched alkanes of at least 4 members (excludes halogenated alkanes) is 1. The van der Waals surface area contributed by atoms with Gasteiger partial charge in [0.15, 0.2) is 0 Å². The quantitative estimate of drug-likeness (QED) is 0.764. The molecule has 0 atom stereocenters. The first-order valence-corrected chi connectivity index (χ1v) is 5.43. The number of rotatable bonds is 5. The number of hydrogen-bond donors (Lipinski definition) is 1. The van der Waals surface area contributed by atoms with Gasteiger partial charge in [-0.05, 0) is 19.9 Å². The Balaban J connectivity index is 2.49. The predicted octanol–water partition coefficient (Wildman–Crippen LogP) is 2.27. The molecule has 0 radical (unpaired) electrons. The maximum atomic E-state index is 6.10. The lowest BCUT2D eigenvalue weighted by Crippen LogP contribution is -2.17. The van der Waals surface area contributed by atoms with Crippen LogP contribution in [0.3, 0.4) is 0 Å². The average molecular weight is 216 g/mol. The van der Waals surface area contributed by atoms with Crippen molar-refractivity contribution in [3.05, 3.63) is 16.4 Å². The van der Waals surface area contributed by atoms with Crippen LogP contribution >= 0.6 is 11.6 Å². The topological polar surface area (TPSA) is 29.9 Å². The summed E-state index contributed by atoms with van der Waals surface area (Å²) < 4.78 is 1.84. The van der Waals surface area contributed by atoms with Gasteiger partial charge in [0.1, 0.15) is 0 Å². The molecule has 1 N–H and O–H groups in total. The van der Waals surface area contributed by atoms with E-state index >= 15 is 0 Å². The first-order valence-electron chi connectivity index (χ1n) is 5.05. The molecule has 3 nitrogen and oxygen atoms in total. The molecule has 1 heterocycles. The molecule has 0 fully saturated rings. The normalized spacial score (nSPS) is 10.9. The minimum absolute atomic E-state index is 0.788. The fraction of sp³-hybridized carbons (Fsp3) is 0.700. The number of hydrogen-bond acceptors (Lipinski definition) is 2. The molecule has 0 aromatic carbocycles. The summed E-state index contributed by atoms with van der Waals surface area (Å²) in [4.78, 5) is 0. The van der Waals surface area contributed by atoms with Crippen molar-refractivity contribution in [3.8, 4) is 0 Å². The third-order valence-electron chi connectivity index (χ3n) is 2.26. The van der Waals surface area contributed by atoms with Crippen LogP contribution in [-0.2, 0) is 13.6 Å². The third-order valence-corrected chi connectivity index (χ3v) is 2.75. The Kier molecular flexibility index (Phi) is 4.42. The summed E-state index contributed by atoms with van der Waals surface area (Å²) in [6, 6.07) is 0. The number of aryl methyl sites for hydroxylation is 2. The van der Waals surface area contributed by atoms with Gasteiger partial charge in [0.2, 0.25) is 0 Å². The van der Waals surface area contributed by atoms with Crippen LogP contribution in [0.1, 0.15) is 31.2 Å².